The molecule has 0 spiro atoms. The molecule has 1 fully saturated rings. The van der Waals surface area contributed by atoms with E-state index >= 15 is 0 Å². The summed E-state index contributed by atoms with van der Waals surface area (Å²) in [5.41, 5.74) is -0.406. The van der Waals surface area contributed by atoms with E-state index in [2.05, 4.69) is 5.32 Å². The molecule has 2 heterocycles. The van der Waals surface area contributed by atoms with Crippen LogP contribution in [0.3, 0.4) is 0 Å². The van der Waals surface area contributed by atoms with E-state index in [-0.39, 0.29) is 17.5 Å². The molecule has 0 aliphatic carbocycles. The van der Waals surface area contributed by atoms with Crippen LogP contribution in [0.2, 0.25) is 0 Å². The van der Waals surface area contributed by atoms with Gasteiger partial charge >= 0.3 is 6.18 Å². The fourth-order valence-electron chi connectivity index (χ4n) is 3.07. The molecule has 3 rings (SSSR count). The summed E-state index contributed by atoms with van der Waals surface area (Å²) < 4.78 is 40.2. The van der Waals surface area contributed by atoms with Gasteiger partial charge in [-0.2, -0.15) is 24.5 Å². The summed E-state index contributed by atoms with van der Waals surface area (Å²) in [5.74, 6) is -0.840. The first-order valence-corrected chi connectivity index (χ1v) is 9.75. The minimum absolute atomic E-state index is 0.0405. The van der Waals surface area contributed by atoms with Gasteiger partial charge in [-0.15, -0.1) is 0 Å². The van der Waals surface area contributed by atoms with E-state index in [0.29, 0.717) is 37.6 Å². The number of benzene rings is 1. The predicted molar refractivity (Wildman–Crippen MR) is 102 cm³/mol. The van der Waals surface area contributed by atoms with Gasteiger partial charge in [0.05, 0.1) is 5.57 Å². The largest absolute Gasteiger partial charge is 0.417 e. The molecule has 1 aromatic heterocycles. The van der Waals surface area contributed by atoms with Gasteiger partial charge in [0, 0.05) is 36.2 Å². The van der Waals surface area contributed by atoms with Crippen molar-refractivity contribution in [2.24, 2.45) is 0 Å². The van der Waals surface area contributed by atoms with Crippen molar-refractivity contribution in [2.45, 2.75) is 25.1 Å². The Morgan fingerprint density at radius 2 is 1.75 bits per heavy atom. The van der Waals surface area contributed by atoms with Crippen molar-refractivity contribution >= 4 is 28.7 Å². The van der Waals surface area contributed by atoms with Gasteiger partial charge < -0.3 is 10.2 Å². The van der Waals surface area contributed by atoms with Gasteiger partial charge in [-0.05, 0) is 29.9 Å². The van der Waals surface area contributed by atoms with Crippen molar-refractivity contribution in [1.29, 1.82) is 0 Å². The van der Waals surface area contributed by atoms with E-state index in [9.17, 15) is 22.8 Å². The van der Waals surface area contributed by atoms with Crippen molar-refractivity contribution in [1.82, 2.24) is 10.2 Å². The third kappa shape index (κ3) is 5.01. The normalized spacial score (nSPS) is 16.1. The molecule has 1 aromatic carbocycles. The lowest BCUT2D eigenvalue weighted by Gasteiger charge is -2.32. The SMILES string of the molecule is O=C(NC1CCN(C(=O)/C=C(\c2ccccc2)C(F)(F)F)CC1)c1ccsc1. The molecule has 148 valence electrons. The standard InChI is InChI=1S/C20H19F3N2O2S/c21-20(22,23)17(14-4-2-1-3-5-14)12-18(26)25-9-6-16(7-10-25)24-19(27)15-8-11-28-13-15/h1-5,8,11-13,16H,6-7,9-10H2,(H,24,27)/b17-12+. The number of thiophene rings is 1. The average Bonchev–Trinajstić information content (AvgIpc) is 3.21. The van der Waals surface area contributed by atoms with Crippen LogP contribution in [0, 0.1) is 0 Å². The minimum Gasteiger partial charge on any atom is -0.349 e. The van der Waals surface area contributed by atoms with Crippen molar-refractivity contribution in [2.75, 3.05) is 13.1 Å². The van der Waals surface area contributed by atoms with Crippen LogP contribution in [0.25, 0.3) is 5.57 Å². The van der Waals surface area contributed by atoms with Gasteiger partial charge in [0.1, 0.15) is 0 Å². The number of likely N-dealkylation sites (tertiary alicyclic amines) is 1. The summed E-state index contributed by atoms with van der Waals surface area (Å²) in [6.07, 6.45) is -2.95. The number of rotatable bonds is 4. The fraction of sp³-hybridized carbons (Fsp3) is 0.300. The van der Waals surface area contributed by atoms with Crippen molar-refractivity contribution in [3.63, 3.8) is 0 Å². The van der Waals surface area contributed by atoms with E-state index in [1.807, 2.05) is 5.38 Å². The molecule has 28 heavy (non-hydrogen) atoms. The number of alkyl halides is 3. The quantitative estimate of drug-likeness (QED) is 0.774. The number of hydrogen-bond donors (Lipinski definition) is 1. The molecule has 4 nitrogen and oxygen atoms in total. The number of hydrogen-bond acceptors (Lipinski definition) is 3. The number of halogens is 3. The Hall–Kier alpha value is -2.61. The van der Waals surface area contributed by atoms with E-state index in [4.69, 9.17) is 0 Å². The second-order valence-corrected chi connectivity index (χ2v) is 7.29. The maximum Gasteiger partial charge on any atom is 0.417 e. The molecule has 2 amide bonds. The molecule has 1 aliphatic rings. The van der Waals surface area contributed by atoms with Gasteiger partial charge in [-0.3, -0.25) is 9.59 Å². The Morgan fingerprint density at radius 3 is 2.32 bits per heavy atom. The molecule has 2 aromatic rings. The monoisotopic (exact) mass is 408 g/mol. The highest BCUT2D eigenvalue weighted by Crippen LogP contribution is 2.34. The molecular formula is C20H19F3N2O2S. The van der Waals surface area contributed by atoms with Crippen LogP contribution in [0.15, 0.2) is 53.2 Å². The Bertz CT molecular complexity index is 840. The summed E-state index contributed by atoms with van der Waals surface area (Å²) >= 11 is 1.43. The van der Waals surface area contributed by atoms with Crippen LogP contribution in [-0.4, -0.2) is 42.0 Å². The molecule has 0 saturated carbocycles. The highest BCUT2D eigenvalue weighted by molar-refractivity contribution is 7.08. The fourth-order valence-corrected chi connectivity index (χ4v) is 3.70. The van der Waals surface area contributed by atoms with Gasteiger partial charge in [0.2, 0.25) is 5.91 Å². The number of carbonyl (C=O) groups is 2. The first kappa shape index (κ1) is 20.1. The molecule has 0 radical (unpaired) electrons. The number of carbonyl (C=O) groups excluding carboxylic acids is 2. The lowest BCUT2D eigenvalue weighted by Crippen LogP contribution is -2.46. The first-order valence-electron chi connectivity index (χ1n) is 8.81. The van der Waals surface area contributed by atoms with Crippen LogP contribution < -0.4 is 5.32 Å². The van der Waals surface area contributed by atoms with Crippen LogP contribution >= 0.6 is 11.3 Å². The average molecular weight is 408 g/mol. The van der Waals surface area contributed by atoms with Gasteiger partial charge in [0.25, 0.3) is 5.91 Å². The lowest BCUT2D eigenvalue weighted by molar-refractivity contribution is -0.127. The number of allylic oxidation sites excluding steroid dienone is 1. The lowest BCUT2D eigenvalue weighted by atomic mass is 10.0. The summed E-state index contributed by atoms with van der Waals surface area (Å²) in [5, 5.41) is 6.47. The Balaban J connectivity index is 1.62. The zero-order valence-corrected chi connectivity index (χ0v) is 15.7. The van der Waals surface area contributed by atoms with Crippen LogP contribution in [0.1, 0.15) is 28.8 Å². The summed E-state index contributed by atoms with van der Waals surface area (Å²) in [4.78, 5) is 25.9. The van der Waals surface area contributed by atoms with Gasteiger partial charge in [-0.1, -0.05) is 30.3 Å². The highest BCUT2D eigenvalue weighted by Gasteiger charge is 2.36. The van der Waals surface area contributed by atoms with E-state index in [1.165, 1.54) is 40.5 Å². The number of piperidine rings is 1. The summed E-state index contributed by atoms with van der Waals surface area (Å²) in [7, 11) is 0. The van der Waals surface area contributed by atoms with Crippen molar-refractivity contribution in [3.8, 4) is 0 Å². The molecular weight excluding hydrogens is 389 g/mol. The Labute approximate surface area is 164 Å². The molecule has 0 atom stereocenters. The van der Waals surface area contributed by atoms with Crippen molar-refractivity contribution in [3.05, 3.63) is 64.4 Å². The smallest absolute Gasteiger partial charge is 0.349 e. The minimum atomic E-state index is -4.62. The van der Waals surface area contributed by atoms with Crippen molar-refractivity contribution < 1.29 is 22.8 Å². The molecule has 1 N–H and O–H groups in total. The maximum absolute atomic E-state index is 13.4. The number of nitrogens with zero attached hydrogens (tertiary/aromatic N) is 1. The predicted octanol–water partition coefficient (Wildman–Crippen LogP) is 4.11. The molecule has 1 aliphatic heterocycles. The third-order valence-corrected chi connectivity index (χ3v) is 5.27. The summed E-state index contributed by atoms with van der Waals surface area (Å²) in [6.45, 7) is 0.591. The van der Waals surface area contributed by atoms with Crippen LogP contribution in [0.4, 0.5) is 13.2 Å². The van der Waals surface area contributed by atoms with E-state index < -0.39 is 17.7 Å². The zero-order chi connectivity index (χ0) is 20.1. The molecule has 8 heteroatoms. The topological polar surface area (TPSA) is 49.4 Å². The van der Waals surface area contributed by atoms with E-state index in [0.717, 1.165) is 0 Å². The Kier molecular flexibility index (Phi) is 6.18. The Morgan fingerprint density at radius 1 is 1.07 bits per heavy atom. The number of nitrogens with one attached hydrogen (secondary N) is 1. The first-order chi connectivity index (χ1) is 13.3. The zero-order valence-electron chi connectivity index (χ0n) is 14.9. The van der Waals surface area contributed by atoms with Crippen LogP contribution in [0.5, 0.6) is 0 Å². The molecule has 1 saturated heterocycles. The highest BCUT2D eigenvalue weighted by atomic mass is 32.1. The maximum atomic E-state index is 13.4. The molecule has 0 bridgehead atoms. The molecule has 0 unspecified atom stereocenters. The second kappa shape index (κ2) is 8.60. The summed E-state index contributed by atoms with van der Waals surface area (Å²) in [6, 6.07) is 8.91. The van der Waals surface area contributed by atoms with Crippen LogP contribution in [-0.2, 0) is 4.79 Å². The third-order valence-electron chi connectivity index (χ3n) is 4.58. The van der Waals surface area contributed by atoms with Gasteiger partial charge in [-0.25, -0.2) is 0 Å². The number of amides is 2. The second-order valence-electron chi connectivity index (χ2n) is 6.51. The van der Waals surface area contributed by atoms with Gasteiger partial charge in [0.15, 0.2) is 0 Å². The van der Waals surface area contributed by atoms with E-state index in [1.54, 1.807) is 17.5 Å².